The van der Waals surface area contributed by atoms with Gasteiger partial charge in [-0.25, -0.2) is 4.79 Å². The van der Waals surface area contributed by atoms with E-state index in [0.29, 0.717) is 57.8 Å². The zero-order valence-electron chi connectivity index (χ0n) is 19.5. The Hall–Kier alpha value is -2.65. The van der Waals surface area contributed by atoms with Gasteiger partial charge in [0.1, 0.15) is 37.1 Å². The first-order chi connectivity index (χ1) is 16.7. The molecule has 5 atom stereocenters. The van der Waals surface area contributed by atoms with Crippen LogP contribution in [0.4, 0.5) is 4.39 Å². The number of rotatable bonds is 14. The molecule has 1 aliphatic rings. The van der Waals surface area contributed by atoms with Crippen molar-refractivity contribution >= 4 is 11.9 Å². The second kappa shape index (κ2) is 14.0. The Balaban J connectivity index is 2.10. The molecule has 198 valence electrons. The smallest absolute Gasteiger partial charge is 0.330 e. The van der Waals surface area contributed by atoms with E-state index in [9.17, 15) is 23.6 Å². The molecule has 0 spiro atoms. The highest BCUT2D eigenvalue weighted by Crippen LogP contribution is 2.30. The summed E-state index contributed by atoms with van der Waals surface area (Å²) in [5.41, 5.74) is 20.5. The first-order valence-corrected chi connectivity index (χ1v) is 11.6. The average molecular weight is 503 g/mol. The predicted octanol–water partition coefficient (Wildman–Crippen LogP) is -1.67. The van der Waals surface area contributed by atoms with Gasteiger partial charge in [-0.3, -0.25) is 23.9 Å². The van der Waals surface area contributed by atoms with Crippen molar-refractivity contribution in [3.63, 3.8) is 0 Å². The summed E-state index contributed by atoms with van der Waals surface area (Å²) < 4.78 is 31.1. The number of nitrogens with zero attached hydrogens (tertiary/aromatic N) is 1. The molecule has 1 aromatic rings. The van der Waals surface area contributed by atoms with Crippen molar-refractivity contribution in [3.05, 3.63) is 32.9 Å². The summed E-state index contributed by atoms with van der Waals surface area (Å²) in [6.07, 6.45) is 1.01. The monoisotopic (exact) mass is 502 g/mol. The molecule has 1 saturated heterocycles. The Kier molecular flexibility index (Phi) is 11.5. The van der Waals surface area contributed by atoms with E-state index in [2.05, 4.69) is 0 Å². The summed E-state index contributed by atoms with van der Waals surface area (Å²) in [4.78, 5) is 50.1. The molecule has 35 heavy (non-hydrogen) atoms. The Bertz CT molecular complexity index is 955. The highest BCUT2D eigenvalue weighted by molar-refractivity contribution is 5.76. The number of carbonyl (C=O) groups is 2. The van der Waals surface area contributed by atoms with Crippen LogP contribution in [0.2, 0.25) is 0 Å². The number of carbonyl (C=O) groups excluding carboxylic acids is 2. The minimum absolute atomic E-state index is 0.0720. The molecule has 2 heterocycles. The summed E-state index contributed by atoms with van der Waals surface area (Å²) in [6, 6.07) is -1.78. The van der Waals surface area contributed by atoms with E-state index in [0.717, 1.165) is 4.57 Å². The first kappa shape index (κ1) is 28.6. The summed E-state index contributed by atoms with van der Waals surface area (Å²) in [5.74, 6) is -2.57. The van der Waals surface area contributed by atoms with Gasteiger partial charge < -0.3 is 37.1 Å². The van der Waals surface area contributed by atoms with Crippen LogP contribution in [0, 0.1) is 5.82 Å². The molecule has 1 aromatic heterocycles. The molecule has 9 N–H and O–H groups in total. The fraction of sp³-hybridized carbons (Fsp3) is 0.714. The van der Waals surface area contributed by atoms with Crippen LogP contribution in [0.5, 0.6) is 0 Å². The molecular formula is C21H35FN6O7. The van der Waals surface area contributed by atoms with Crippen molar-refractivity contribution in [2.75, 3.05) is 19.7 Å². The molecule has 0 bridgehead atoms. The topological polar surface area (TPSA) is 221 Å². The van der Waals surface area contributed by atoms with Crippen molar-refractivity contribution in [3.8, 4) is 0 Å². The van der Waals surface area contributed by atoms with Gasteiger partial charge in [-0.15, -0.1) is 0 Å². The molecule has 0 radical (unpaired) electrons. The molecule has 0 saturated carbocycles. The summed E-state index contributed by atoms with van der Waals surface area (Å²) >= 11 is 0. The predicted molar refractivity (Wildman–Crippen MR) is 122 cm³/mol. The molecule has 13 nitrogen and oxygen atoms in total. The van der Waals surface area contributed by atoms with Gasteiger partial charge in [-0.2, -0.15) is 4.39 Å². The number of unbranched alkanes of at least 4 members (excludes halogenated alkanes) is 2. The number of nitrogens with one attached hydrogen (secondary N) is 1. The van der Waals surface area contributed by atoms with Gasteiger partial charge in [0.2, 0.25) is 5.82 Å². The van der Waals surface area contributed by atoms with Crippen LogP contribution in [-0.4, -0.2) is 65.5 Å². The van der Waals surface area contributed by atoms with Crippen LogP contribution in [-0.2, 0) is 23.8 Å². The fourth-order valence-electron chi connectivity index (χ4n) is 3.58. The van der Waals surface area contributed by atoms with Crippen LogP contribution in [0.1, 0.15) is 51.2 Å². The Labute approximate surface area is 201 Å². The van der Waals surface area contributed by atoms with Crippen LogP contribution in [0.3, 0.4) is 0 Å². The number of aromatic nitrogens is 2. The molecule has 14 heteroatoms. The Morgan fingerprint density at radius 1 is 1.09 bits per heavy atom. The summed E-state index contributed by atoms with van der Waals surface area (Å²) in [6.45, 7) is 0.609. The summed E-state index contributed by atoms with van der Waals surface area (Å²) in [7, 11) is 0. The van der Waals surface area contributed by atoms with Crippen LogP contribution in [0.15, 0.2) is 15.8 Å². The lowest BCUT2D eigenvalue weighted by Crippen LogP contribution is -2.40. The van der Waals surface area contributed by atoms with Crippen LogP contribution in [0.25, 0.3) is 0 Å². The molecule has 1 aliphatic heterocycles. The maximum atomic E-state index is 13.8. The van der Waals surface area contributed by atoms with E-state index < -0.39 is 59.5 Å². The molecule has 0 unspecified atom stereocenters. The van der Waals surface area contributed by atoms with E-state index in [-0.39, 0.29) is 13.0 Å². The zero-order valence-corrected chi connectivity index (χ0v) is 19.5. The molecule has 0 aromatic carbocycles. The minimum Gasteiger partial charge on any atom is -0.462 e. The standard InChI is InChI=1S/C21H35FN6O7/c22-12-10-28(21(32)27-18(12)29)17-9-15(35-20(31)14(26)6-2-4-8-24)16(34-17)11-33-19(30)13(25)5-1-3-7-23/h10,13-17H,1-9,11,23-26H2,(H,27,29,32)/t13-,14-,15-,16+,17+/m0/s1. The number of H-pyrrole nitrogens is 1. The van der Waals surface area contributed by atoms with E-state index in [1.807, 2.05) is 4.98 Å². The number of nitrogens with two attached hydrogens (primary N) is 4. The third-order valence-electron chi connectivity index (χ3n) is 5.62. The first-order valence-electron chi connectivity index (χ1n) is 11.6. The van der Waals surface area contributed by atoms with Gasteiger partial charge in [0.15, 0.2) is 0 Å². The lowest BCUT2D eigenvalue weighted by molar-refractivity contribution is -0.160. The minimum atomic E-state index is -1.19. The quantitative estimate of drug-likeness (QED) is 0.143. The maximum Gasteiger partial charge on any atom is 0.330 e. The number of aromatic amines is 1. The number of hydrogen-bond donors (Lipinski definition) is 5. The van der Waals surface area contributed by atoms with Gasteiger partial charge in [0, 0.05) is 6.42 Å². The number of hydrogen-bond acceptors (Lipinski definition) is 11. The van der Waals surface area contributed by atoms with Crippen molar-refractivity contribution in [1.82, 2.24) is 9.55 Å². The second-order valence-corrected chi connectivity index (χ2v) is 8.40. The fourth-order valence-corrected chi connectivity index (χ4v) is 3.58. The largest absolute Gasteiger partial charge is 0.462 e. The average Bonchev–Trinajstić information content (AvgIpc) is 3.22. The van der Waals surface area contributed by atoms with Crippen molar-refractivity contribution < 1.29 is 28.2 Å². The third-order valence-corrected chi connectivity index (χ3v) is 5.62. The van der Waals surface area contributed by atoms with E-state index in [1.54, 1.807) is 0 Å². The Morgan fingerprint density at radius 2 is 1.69 bits per heavy atom. The van der Waals surface area contributed by atoms with Gasteiger partial charge in [-0.1, -0.05) is 12.8 Å². The van der Waals surface area contributed by atoms with Crippen molar-refractivity contribution in [1.29, 1.82) is 0 Å². The van der Waals surface area contributed by atoms with Crippen molar-refractivity contribution in [2.45, 2.75) is 75.5 Å². The zero-order chi connectivity index (χ0) is 26.0. The van der Waals surface area contributed by atoms with Gasteiger partial charge in [0.25, 0.3) is 5.56 Å². The van der Waals surface area contributed by atoms with Gasteiger partial charge in [0.05, 0.1) is 6.20 Å². The lowest BCUT2D eigenvalue weighted by Gasteiger charge is -2.21. The summed E-state index contributed by atoms with van der Waals surface area (Å²) in [5, 5.41) is 0. The number of halogens is 1. The molecule has 1 fully saturated rings. The molecule has 2 rings (SSSR count). The third kappa shape index (κ3) is 8.50. The van der Waals surface area contributed by atoms with E-state index >= 15 is 0 Å². The van der Waals surface area contributed by atoms with E-state index in [1.165, 1.54) is 0 Å². The SMILES string of the molecule is NCCCC[C@H](N)C(=O)OC[C@H]1O[C@@H](n2cc(F)c(=O)[nH]c2=O)C[C@@H]1OC(=O)[C@@H](N)CCCCN. The molecular weight excluding hydrogens is 467 g/mol. The number of esters is 2. The van der Waals surface area contributed by atoms with Crippen molar-refractivity contribution in [2.24, 2.45) is 22.9 Å². The lowest BCUT2D eigenvalue weighted by atomic mass is 10.1. The van der Waals surface area contributed by atoms with E-state index in [4.69, 9.17) is 37.1 Å². The van der Waals surface area contributed by atoms with Crippen LogP contribution >= 0.6 is 0 Å². The van der Waals surface area contributed by atoms with Gasteiger partial charge >= 0.3 is 17.6 Å². The Morgan fingerprint density at radius 3 is 2.29 bits per heavy atom. The van der Waals surface area contributed by atoms with Gasteiger partial charge in [-0.05, 0) is 38.8 Å². The highest BCUT2D eigenvalue weighted by atomic mass is 19.1. The molecule has 0 amide bonds. The number of ether oxygens (including phenoxy) is 3. The van der Waals surface area contributed by atoms with Crippen LogP contribution < -0.4 is 34.2 Å². The maximum absolute atomic E-state index is 13.8. The normalized spacial score (nSPS) is 21.5. The molecule has 0 aliphatic carbocycles. The second-order valence-electron chi connectivity index (χ2n) is 8.40. The highest BCUT2D eigenvalue weighted by Gasteiger charge is 2.41.